The van der Waals surface area contributed by atoms with Crippen LogP contribution in [0.1, 0.15) is 19.8 Å². The van der Waals surface area contributed by atoms with Crippen molar-refractivity contribution in [3.05, 3.63) is 30.3 Å². The molecule has 2 fully saturated rings. The van der Waals surface area contributed by atoms with Crippen LogP contribution >= 0.6 is 0 Å². The molecular formula is C19H30N4O. The first-order valence-corrected chi connectivity index (χ1v) is 9.26. The molecule has 1 amide bonds. The van der Waals surface area contributed by atoms with Gasteiger partial charge in [-0.2, -0.15) is 0 Å². The zero-order valence-electron chi connectivity index (χ0n) is 14.7. The Hall–Kier alpha value is -1.59. The summed E-state index contributed by atoms with van der Waals surface area (Å²) in [5.41, 5.74) is 1.31. The standard InChI is InChI=1S/C19H30N4O/c1-16(21-19(24)17-6-5-9-20-14-17)15-22-10-12-23(13-11-22)18-7-3-2-4-8-18/h2-4,7-8,16-17,20H,5-6,9-15H2,1H3,(H,21,24). The molecule has 2 saturated heterocycles. The van der Waals surface area contributed by atoms with Crippen molar-refractivity contribution in [2.75, 3.05) is 50.7 Å². The molecule has 0 spiro atoms. The van der Waals surface area contributed by atoms with E-state index in [1.807, 2.05) is 0 Å². The smallest absolute Gasteiger partial charge is 0.224 e. The molecule has 2 atom stereocenters. The minimum atomic E-state index is 0.149. The first-order valence-electron chi connectivity index (χ1n) is 9.26. The van der Waals surface area contributed by atoms with Gasteiger partial charge in [0.05, 0.1) is 5.92 Å². The van der Waals surface area contributed by atoms with Crippen molar-refractivity contribution in [3.8, 4) is 0 Å². The highest BCUT2D eigenvalue weighted by atomic mass is 16.2. The van der Waals surface area contributed by atoms with Crippen molar-refractivity contribution in [2.24, 2.45) is 5.92 Å². The maximum absolute atomic E-state index is 12.3. The predicted molar refractivity (Wildman–Crippen MR) is 98.3 cm³/mol. The first-order chi connectivity index (χ1) is 11.7. The zero-order valence-corrected chi connectivity index (χ0v) is 14.7. The third-order valence-corrected chi connectivity index (χ3v) is 5.08. The van der Waals surface area contributed by atoms with Gasteiger partial charge in [-0.15, -0.1) is 0 Å². The molecule has 132 valence electrons. The number of anilines is 1. The quantitative estimate of drug-likeness (QED) is 0.855. The Morgan fingerprint density at radius 2 is 2.00 bits per heavy atom. The van der Waals surface area contributed by atoms with Crippen LogP contribution in [0.2, 0.25) is 0 Å². The van der Waals surface area contributed by atoms with Gasteiger partial charge >= 0.3 is 0 Å². The summed E-state index contributed by atoms with van der Waals surface area (Å²) in [4.78, 5) is 17.2. The topological polar surface area (TPSA) is 47.6 Å². The summed E-state index contributed by atoms with van der Waals surface area (Å²) in [5, 5.41) is 6.52. The van der Waals surface area contributed by atoms with E-state index in [2.05, 4.69) is 57.7 Å². The van der Waals surface area contributed by atoms with Crippen LogP contribution in [0, 0.1) is 5.92 Å². The van der Waals surface area contributed by atoms with Crippen molar-refractivity contribution >= 4 is 11.6 Å². The lowest BCUT2D eigenvalue weighted by molar-refractivity contribution is -0.126. The Morgan fingerprint density at radius 1 is 1.25 bits per heavy atom. The fourth-order valence-electron chi connectivity index (χ4n) is 3.70. The predicted octanol–water partition coefficient (Wildman–Crippen LogP) is 1.31. The van der Waals surface area contributed by atoms with Gasteiger partial charge in [-0.1, -0.05) is 18.2 Å². The Morgan fingerprint density at radius 3 is 2.67 bits per heavy atom. The third-order valence-electron chi connectivity index (χ3n) is 5.08. The van der Waals surface area contributed by atoms with Crippen LogP contribution in [-0.4, -0.2) is 62.7 Å². The van der Waals surface area contributed by atoms with Crippen LogP contribution in [-0.2, 0) is 4.79 Å². The third kappa shape index (κ3) is 4.71. The lowest BCUT2D eigenvalue weighted by Crippen LogP contribution is -2.52. The van der Waals surface area contributed by atoms with E-state index >= 15 is 0 Å². The lowest BCUT2D eigenvalue weighted by atomic mass is 9.98. The molecule has 2 aliphatic rings. The maximum atomic E-state index is 12.3. The molecule has 2 aliphatic heterocycles. The molecule has 1 aromatic rings. The number of para-hydroxylation sites is 1. The molecule has 0 aliphatic carbocycles. The van der Waals surface area contributed by atoms with Crippen LogP contribution < -0.4 is 15.5 Å². The number of nitrogens with one attached hydrogen (secondary N) is 2. The fourth-order valence-corrected chi connectivity index (χ4v) is 3.70. The summed E-state index contributed by atoms with van der Waals surface area (Å²) >= 11 is 0. The zero-order chi connectivity index (χ0) is 16.8. The summed E-state index contributed by atoms with van der Waals surface area (Å²) in [6.45, 7) is 9.15. The first kappa shape index (κ1) is 17.2. The van der Waals surface area contributed by atoms with E-state index in [0.29, 0.717) is 0 Å². The van der Waals surface area contributed by atoms with E-state index in [9.17, 15) is 4.79 Å². The normalized spacial score (nSPS) is 23.7. The van der Waals surface area contributed by atoms with E-state index in [4.69, 9.17) is 0 Å². The molecule has 0 saturated carbocycles. The highest BCUT2D eigenvalue weighted by molar-refractivity contribution is 5.79. The number of piperazine rings is 1. The number of piperidine rings is 1. The maximum Gasteiger partial charge on any atom is 0.224 e. The summed E-state index contributed by atoms with van der Waals surface area (Å²) in [7, 11) is 0. The molecule has 5 nitrogen and oxygen atoms in total. The summed E-state index contributed by atoms with van der Waals surface area (Å²) in [5.74, 6) is 0.369. The molecule has 5 heteroatoms. The average Bonchev–Trinajstić information content (AvgIpc) is 2.64. The van der Waals surface area contributed by atoms with Crippen LogP contribution in [0.4, 0.5) is 5.69 Å². The van der Waals surface area contributed by atoms with Gasteiger partial charge in [0, 0.05) is 51.0 Å². The number of carbonyl (C=O) groups excluding carboxylic acids is 1. The van der Waals surface area contributed by atoms with Crippen molar-refractivity contribution in [1.29, 1.82) is 0 Å². The Bertz CT molecular complexity index is 507. The Labute approximate surface area is 145 Å². The SMILES string of the molecule is CC(CN1CCN(c2ccccc2)CC1)NC(=O)C1CCCNC1. The Balaban J connectivity index is 1.40. The highest BCUT2D eigenvalue weighted by Crippen LogP contribution is 2.16. The number of hydrogen-bond donors (Lipinski definition) is 2. The highest BCUT2D eigenvalue weighted by Gasteiger charge is 2.23. The van der Waals surface area contributed by atoms with Crippen molar-refractivity contribution in [1.82, 2.24) is 15.5 Å². The number of hydrogen-bond acceptors (Lipinski definition) is 4. The monoisotopic (exact) mass is 330 g/mol. The van der Waals surface area contributed by atoms with E-state index in [-0.39, 0.29) is 17.9 Å². The number of amides is 1. The molecule has 2 unspecified atom stereocenters. The van der Waals surface area contributed by atoms with Gasteiger partial charge in [0.15, 0.2) is 0 Å². The van der Waals surface area contributed by atoms with Gasteiger partial charge in [-0.05, 0) is 38.4 Å². The molecule has 24 heavy (non-hydrogen) atoms. The van der Waals surface area contributed by atoms with E-state index in [1.54, 1.807) is 0 Å². The second-order valence-electron chi connectivity index (χ2n) is 7.08. The van der Waals surface area contributed by atoms with Crippen LogP contribution in [0.15, 0.2) is 30.3 Å². The lowest BCUT2D eigenvalue weighted by Gasteiger charge is -2.37. The molecule has 0 aromatic heterocycles. The van der Waals surface area contributed by atoms with E-state index < -0.39 is 0 Å². The van der Waals surface area contributed by atoms with Crippen LogP contribution in [0.5, 0.6) is 0 Å². The van der Waals surface area contributed by atoms with Gasteiger partial charge in [0.25, 0.3) is 0 Å². The fraction of sp³-hybridized carbons (Fsp3) is 0.632. The molecule has 0 bridgehead atoms. The molecule has 2 N–H and O–H groups in total. The number of nitrogens with zero attached hydrogens (tertiary/aromatic N) is 2. The van der Waals surface area contributed by atoms with Crippen molar-refractivity contribution in [2.45, 2.75) is 25.8 Å². The average molecular weight is 330 g/mol. The van der Waals surface area contributed by atoms with Gasteiger partial charge in [-0.25, -0.2) is 0 Å². The molecule has 3 rings (SSSR count). The van der Waals surface area contributed by atoms with Gasteiger partial charge < -0.3 is 15.5 Å². The molecule has 2 heterocycles. The Kier molecular flexibility index (Phi) is 6.10. The van der Waals surface area contributed by atoms with Gasteiger partial charge in [0.2, 0.25) is 5.91 Å². The second kappa shape index (κ2) is 8.49. The number of rotatable bonds is 5. The van der Waals surface area contributed by atoms with E-state index in [1.165, 1.54) is 5.69 Å². The molecule has 1 aromatic carbocycles. The number of carbonyl (C=O) groups is 1. The number of benzene rings is 1. The minimum absolute atomic E-state index is 0.149. The van der Waals surface area contributed by atoms with Gasteiger partial charge in [-0.3, -0.25) is 9.69 Å². The van der Waals surface area contributed by atoms with Crippen molar-refractivity contribution in [3.63, 3.8) is 0 Å². The second-order valence-corrected chi connectivity index (χ2v) is 7.08. The summed E-state index contributed by atoms with van der Waals surface area (Å²) in [6.07, 6.45) is 2.12. The summed E-state index contributed by atoms with van der Waals surface area (Å²) in [6, 6.07) is 10.8. The van der Waals surface area contributed by atoms with Gasteiger partial charge in [0.1, 0.15) is 0 Å². The molecule has 0 radical (unpaired) electrons. The minimum Gasteiger partial charge on any atom is -0.369 e. The largest absolute Gasteiger partial charge is 0.369 e. The summed E-state index contributed by atoms with van der Waals surface area (Å²) < 4.78 is 0. The van der Waals surface area contributed by atoms with E-state index in [0.717, 1.165) is 58.7 Å². The van der Waals surface area contributed by atoms with Crippen molar-refractivity contribution < 1.29 is 4.79 Å². The van der Waals surface area contributed by atoms with Crippen LogP contribution in [0.25, 0.3) is 0 Å². The van der Waals surface area contributed by atoms with Crippen LogP contribution in [0.3, 0.4) is 0 Å². The molecular weight excluding hydrogens is 300 g/mol.